The van der Waals surface area contributed by atoms with E-state index in [1.165, 1.54) is 11.6 Å². The van der Waals surface area contributed by atoms with Crippen LogP contribution in [0.1, 0.15) is 31.9 Å². The fourth-order valence-electron chi connectivity index (χ4n) is 2.12. The van der Waals surface area contributed by atoms with Crippen molar-refractivity contribution in [3.63, 3.8) is 0 Å². The topological polar surface area (TPSA) is 29.5 Å². The molecule has 1 aliphatic heterocycles. The standard InChI is InChI=1S/C15H15ClF3NO2/c1-14(2,3)22-13(21)20-8-9(7-16)11-5-4-10(6-12(11)20)15(17,18)19/h4-7H,8H2,1-3H3/b9-7-. The number of fused-ring (bicyclic) bond motifs is 1. The summed E-state index contributed by atoms with van der Waals surface area (Å²) < 4.78 is 43.8. The van der Waals surface area contributed by atoms with E-state index in [0.717, 1.165) is 17.0 Å². The van der Waals surface area contributed by atoms with Crippen LogP contribution in [0, 0.1) is 0 Å². The molecule has 2 rings (SSSR count). The lowest BCUT2D eigenvalue weighted by atomic mass is 10.1. The Bertz CT molecular complexity index is 633. The normalized spacial score (nSPS) is 16.9. The van der Waals surface area contributed by atoms with Crippen molar-refractivity contribution in [3.8, 4) is 0 Å². The molecule has 0 saturated heterocycles. The summed E-state index contributed by atoms with van der Waals surface area (Å²) in [6, 6.07) is 3.22. The number of hydrogen-bond acceptors (Lipinski definition) is 2. The van der Waals surface area contributed by atoms with Gasteiger partial charge in [-0.15, -0.1) is 0 Å². The number of anilines is 1. The Morgan fingerprint density at radius 1 is 1.32 bits per heavy atom. The van der Waals surface area contributed by atoms with Crippen molar-refractivity contribution in [2.75, 3.05) is 11.4 Å². The number of carbonyl (C=O) groups excluding carboxylic acids is 1. The van der Waals surface area contributed by atoms with Crippen LogP contribution in [0.15, 0.2) is 23.7 Å². The third-order valence-corrected chi connectivity index (χ3v) is 3.30. The fraction of sp³-hybridized carbons (Fsp3) is 0.400. The molecule has 0 fully saturated rings. The summed E-state index contributed by atoms with van der Waals surface area (Å²) in [6.45, 7) is 5.14. The molecule has 0 bridgehead atoms. The summed E-state index contributed by atoms with van der Waals surface area (Å²) in [7, 11) is 0. The van der Waals surface area contributed by atoms with Gasteiger partial charge in [0.15, 0.2) is 0 Å². The zero-order valence-electron chi connectivity index (χ0n) is 12.3. The predicted molar refractivity (Wildman–Crippen MR) is 78.9 cm³/mol. The van der Waals surface area contributed by atoms with Gasteiger partial charge in [-0.3, -0.25) is 4.90 Å². The first kappa shape index (κ1) is 16.7. The zero-order valence-corrected chi connectivity index (χ0v) is 13.0. The third kappa shape index (κ3) is 3.38. The molecule has 0 aliphatic carbocycles. The summed E-state index contributed by atoms with van der Waals surface area (Å²) in [4.78, 5) is 13.4. The SMILES string of the molecule is CC(C)(C)OC(=O)N1C/C(=C/Cl)c2ccc(C(F)(F)F)cc21. The molecular formula is C15H15ClF3NO2. The highest BCUT2D eigenvalue weighted by atomic mass is 35.5. The van der Waals surface area contributed by atoms with E-state index in [9.17, 15) is 18.0 Å². The highest BCUT2D eigenvalue weighted by Gasteiger charge is 2.36. The molecule has 1 heterocycles. The second-order valence-corrected chi connectivity index (χ2v) is 6.15. The molecule has 1 amide bonds. The minimum absolute atomic E-state index is 0.0784. The van der Waals surface area contributed by atoms with Gasteiger partial charge in [0, 0.05) is 11.1 Å². The number of benzene rings is 1. The average molecular weight is 334 g/mol. The van der Waals surface area contributed by atoms with Crippen LogP contribution < -0.4 is 4.90 Å². The lowest BCUT2D eigenvalue weighted by Crippen LogP contribution is -2.35. The third-order valence-electron chi connectivity index (χ3n) is 3.04. The van der Waals surface area contributed by atoms with Crippen LogP contribution in [0.25, 0.3) is 5.57 Å². The van der Waals surface area contributed by atoms with E-state index in [4.69, 9.17) is 16.3 Å². The lowest BCUT2D eigenvalue weighted by Gasteiger charge is -2.25. The lowest BCUT2D eigenvalue weighted by molar-refractivity contribution is -0.137. The Morgan fingerprint density at radius 2 is 1.95 bits per heavy atom. The van der Waals surface area contributed by atoms with Crippen molar-refractivity contribution in [3.05, 3.63) is 34.9 Å². The molecule has 0 atom stereocenters. The molecule has 1 aliphatic rings. The minimum Gasteiger partial charge on any atom is -0.443 e. The predicted octanol–water partition coefficient (Wildman–Crippen LogP) is 5.04. The van der Waals surface area contributed by atoms with Crippen LogP contribution in [0.5, 0.6) is 0 Å². The highest BCUT2D eigenvalue weighted by molar-refractivity contribution is 6.29. The fourth-order valence-corrected chi connectivity index (χ4v) is 2.30. The van der Waals surface area contributed by atoms with Gasteiger partial charge in [-0.2, -0.15) is 13.2 Å². The van der Waals surface area contributed by atoms with Crippen molar-refractivity contribution in [2.24, 2.45) is 0 Å². The van der Waals surface area contributed by atoms with Gasteiger partial charge in [-0.25, -0.2) is 4.79 Å². The smallest absolute Gasteiger partial charge is 0.416 e. The largest absolute Gasteiger partial charge is 0.443 e. The van der Waals surface area contributed by atoms with Crippen molar-refractivity contribution in [1.29, 1.82) is 0 Å². The van der Waals surface area contributed by atoms with E-state index in [1.807, 2.05) is 0 Å². The van der Waals surface area contributed by atoms with Crippen molar-refractivity contribution < 1.29 is 22.7 Å². The van der Waals surface area contributed by atoms with Gasteiger partial charge in [0.05, 0.1) is 17.8 Å². The number of hydrogen-bond donors (Lipinski definition) is 0. The highest BCUT2D eigenvalue weighted by Crippen LogP contribution is 2.41. The summed E-state index contributed by atoms with van der Waals surface area (Å²) in [5, 5.41) is 0. The maximum atomic E-state index is 12.9. The monoisotopic (exact) mass is 333 g/mol. The summed E-state index contributed by atoms with van der Waals surface area (Å²) in [6.07, 6.45) is -5.19. The van der Waals surface area contributed by atoms with Crippen LogP contribution in [0.3, 0.4) is 0 Å². The number of nitrogens with zero attached hydrogens (tertiary/aromatic N) is 1. The molecule has 0 unspecified atom stereocenters. The molecule has 0 N–H and O–H groups in total. The molecule has 22 heavy (non-hydrogen) atoms. The van der Waals surface area contributed by atoms with E-state index in [0.29, 0.717) is 11.1 Å². The molecule has 120 valence electrons. The molecule has 0 aromatic heterocycles. The van der Waals surface area contributed by atoms with E-state index in [1.54, 1.807) is 20.8 Å². The number of amides is 1. The zero-order chi connectivity index (χ0) is 16.7. The molecule has 0 saturated carbocycles. The van der Waals surface area contributed by atoms with Crippen LogP contribution >= 0.6 is 11.6 Å². The first-order valence-corrected chi connectivity index (χ1v) is 6.98. The van der Waals surface area contributed by atoms with Gasteiger partial charge in [0.25, 0.3) is 0 Å². The van der Waals surface area contributed by atoms with Gasteiger partial charge >= 0.3 is 12.3 Å². The molecule has 0 spiro atoms. The van der Waals surface area contributed by atoms with Crippen LogP contribution in [-0.2, 0) is 10.9 Å². The Balaban J connectivity index is 2.44. The van der Waals surface area contributed by atoms with Gasteiger partial charge in [0.2, 0.25) is 0 Å². The van der Waals surface area contributed by atoms with E-state index >= 15 is 0 Å². The maximum absolute atomic E-state index is 12.9. The molecule has 7 heteroatoms. The molecule has 1 aromatic rings. The maximum Gasteiger partial charge on any atom is 0.416 e. The summed E-state index contributed by atoms with van der Waals surface area (Å²) >= 11 is 5.71. The van der Waals surface area contributed by atoms with E-state index in [-0.39, 0.29) is 12.2 Å². The van der Waals surface area contributed by atoms with E-state index < -0.39 is 23.4 Å². The average Bonchev–Trinajstić information content (AvgIpc) is 2.73. The van der Waals surface area contributed by atoms with Gasteiger partial charge < -0.3 is 4.74 Å². The Labute approximate surface area is 131 Å². The second-order valence-electron chi connectivity index (χ2n) is 5.93. The minimum atomic E-state index is -4.48. The van der Waals surface area contributed by atoms with Gasteiger partial charge in [-0.1, -0.05) is 17.7 Å². The van der Waals surface area contributed by atoms with E-state index in [2.05, 4.69) is 0 Å². The number of ether oxygens (including phenoxy) is 1. The Hall–Kier alpha value is -1.69. The van der Waals surface area contributed by atoms with Crippen LogP contribution in [-0.4, -0.2) is 18.2 Å². The molecule has 0 radical (unpaired) electrons. The van der Waals surface area contributed by atoms with Crippen LogP contribution in [0.2, 0.25) is 0 Å². The van der Waals surface area contributed by atoms with Gasteiger partial charge in [-0.05, 0) is 38.5 Å². The van der Waals surface area contributed by atoms with Crippen molar-refractivity contribution in [1.82, 2.24) is 0 Å². The van der Waals surface area contributed by atoms with Crippen molar-refractivity contribution >= 4 is 29.0 Å². The Morgan fingerprint density at radius 3 is 2.45 bits per heavy atom. The summed E-state index contributed by atoms with van der Waals surface area (Å²) in [5.74, 6) is 0. The molecule has 3 nitrogen and oxygen atoms in total. The quantitative estimate of drug-likeness (QED) is 0.665. The molecule has 1 aromatic carbocycles. The van der Waals surface area contributed by atoms with Crippen LogP contribution in [0.4, 0.5) is 23.7 Å². The number of rotatable bonds is 0. The number of carbonyl (C=O) groups is 1. The number of halogens is 4. The first-order chi connectivity index (χ1) is 10.0. The first-order valence-electron chi connectivity index (χ1n) is 6.54. The Kier molecular flexibility index (Phi) is 4.17. The summed E-state index contributed by atoms with van der Waals surface area (Å²) in [5.41, 5.74) is 0.902. The number of alkyl halides is 3. The van der Waals surface area contributed by atoms with Gasteiger partial charge in [0.1, 0.15) is 5.60 Å². The van der Waals surface area contributed by atoms with Crippen molar-refractivity contribution in [2.45, 2.75) is 32.5 Å². The second kappa shape index (κ2) is 5.50. The molecular weight excluding hydrogens is 319 g/mol.